The van der Waals surface area contributed by atoms with Crippen molar-refractivity contribution in [1.29, 1.82) is 0 Å². The predicted molar refractivity (Wildman–Crippen MR) is 109 cm³/mol. The molecule has 1 spiro atoms. The molecule has 0 radical (unpaired) electrons. The second-order valence-corrected chi connectivity index (χ2v) is 8.17. The summed E-state index contributed by atoms with van der Waals surface area (Å²) in [7, 11) is 2.08. The Labute approximate surface area is 167 Å². The quantitative estimate of drug-likeness (QED) is 0.891. The SMILES string of the molecule is CCN(C)[C@H]1c2ccccc2C2(CCN(C(=O)c3ncccc3C)CC2)[C@@H]1O. The summed E-state index contributed by atoms with van der Waals surface area (Å²) in [5, 5.41) is 11.4. The maximum Gasteiger partial charge on any atom is 0.272 e. The average Bonchev–Trinajstić information content (AvgIpc) is 2.96. The largest absolute Gasteiger partial charge is 0.390 e. The molecule has 1 amide bonds. The van der Waals surface area contributed by atoms with Gasteiger partial charge in [0.05, 0.1) is 12.1 Å². The van der Waals surface area contributed by atoms with Gasteiger partial charge in [-0.3, -0.25) is 14.7 Å². The predicted octanol–water partition coefficient (Wildman–Crippen LogP) is 2.93. The number of likely N-dealkylation sites (N-methyl/N-ethyl adjacent to an activating group) is 1. The van der Waals surface area contributed by atoms with Crippen molar-refractivity contribution in [2.45, 2.75) is 44.2 Å². The summed E-state index contributed by atoms with van der Waals surface area (Å²) in [4.78, 5) is 21.4. The molecule has 1 saturated heterocycles. The zero-order chi connectivity index (χ0) is 19.9. The summed E-state index contributed by atoms with van der Waals surface area (Å²) in [6.07, 6.45) is 2.77. The highest BCUT2D eigenvalue weighted by atomic mass is 16.3. The van der Waals surface area contributed by atoms with Gasteiger partial charge in [-0.15, -0.1) is 0 Å². The minimum absolute atomic E-state index is 0.00375. The van der Waals surface area contributed by atoms with Gasteiger partial charge in [0, 0.05) is 24.7 Å². The Morgan fingerprint density at radius 2 is 1.96 bits per heavy atom. The second kappa shape index (κ2) is 7.30. The smallest absolute Gasteiger partial charge is 0.272 e. The number of pyridine rings is 1. The van der Waals surface area contributed by atoms with Gasteiger partial charge in [0.25, 0.3) is 5.91 Å². The van der Waals surface area contributed by atoms with Gasteiger partial charge in [-0.05, 0) is 56.1 Å². The molecule has 0 saturated carbocycles. The number of hydrogen-bond acceptors (Lipinski definition) is 4. The van der Waals surface area contributed by atoms with Crippen LogP contribution in [0.15, 0.2) is 42.6 Å². The fraction of sp³-hybridized carbons (Fsp3) is 0.478. The van der Waals surface area contributed by atoms with Crippen LogP contribution in [0, 0.1) is 6.92 Å². The van der Waals surface area contributed by atoms with Crippen molar-refractivity contribution < 1.29 is 9.90 Å². The molecule has 28 heavy (non-hydrogen) atoms. The van der Waals surface area contributed by atoms with Gasteiger partial charge >= 0.3 is 0 Å². The topological polar surface area (TPSA) is 56.7 Å². The summed E-state index contributed by atoms with van der Waals surface area (Å²) >= 11 is 0. The van der Waals surface area contributed by atoms with Gasteiger partial charge in [-0.1, -0.05) is 37.3 Å². The lowest BCUT2D eigenvalue weighted by Crippen LogP contribution is -2.51. The lowest BCUT2D eigenvalue weighted by Gasteiger charge is -2.43. The number of hydrogen-bond donors (Lipinski definition) is 1. The van der Waals surface area contributed by atoms with Crippen LogP contribution in [-0.2, 0) is 5.41 Å². The first-order chi connectivity index (χ1) is 13.5. The normalized spacial score (nSPS) is 23.2. The second-order valence-electron chi connectivity index (χ2n) is 8.17. The molecule has 1 aromatic heterocycles. The molecule has 2 aromatic rings. The monoisotopic (exact) mass is 379 g/mol. The molecule has 5 heteroatoms. The summed E-state index contributed by atoms with van der Waals surface area (Å²) in [6.45, 7) is 6.21. The fourth-order valence-corrected chi connectivity index (χ4v) is 5.05. The number of carbonyl (C=O) groups excluding carboxylic acids is 1. The molecule has 1 aromatic carbocycles. The van der Waals surface area contributed by atoms with E-state index in [-0.39, 0.29) is 17.4 Å². The molecule has 1 aliphatic heterocycles. The van der Waals surface area contributed by atoms with Crippen LogP contribution >= 0.6 is 0 Å². The third-order valence-corrected chi connectivity index (χ3v) is 6.81. The Morgan fingerprint density at radius 1 is 1.25 bits per heavy atom. The van der Waals surface area contributed by atoms with E-state index >= 15 is 0 Å². The number of likely N-dealkylation sites (tertiary alicyclic amines) is 1. The van der Waals surface area contributed by atoms with Crippen LogP contribution in [0.25, 0.3) is 0 Å². The molecule has 5 nitrogen and oxygen atoms in total. The maximum atomic E-state index is 13.0. The number of piperidine rings is 1. The molecule has 148 valence electrons. The van der Waals surface area contributed by atoms with E-state index < -0.39 is 6.10 Å². The van der Waals surface area contributed by atoms with Gasteiger partial charge in [0.1, 0.15) is 5.69 Å². The molecular weight excluding hydrogens is 350 g/mol. The van der Waals surface area contributed by atoms with Crippen LogP contribution in [0.4, 0.5) is 0 Å². The Kier molecular flexibility index (Phi) is 4.98. The molecule has 0 bridgehead atoms. The van der Waals surface area contributed by atoms with E-state index in [1.807, 2.05) is 24.0 Å². The molecule has 1 aliphatic carbocycles. The molecule has 4 rings (SSSR count). The molecule has 2 heterocycles. The number of amides is 1. The minimum Gasteiger partial charge on any atom is -0.390 e. The number of benzene rings is 1. The first-order valence-corrected chi connectivity index (χ1v) is 10.2. The van der Waals surface area contributed by atoms with Crippen LogP contribution in [0.3, 0.4) is 0 Å². The maximum absolute atomic E-state index is 13.0. The zero-order valence-electron chi connectivity index (χ0n) is 16.9. The standard InChI is InChI=1S/C23H29N3O2/c1-4-25(3)20-17-9-5-6-10-18(17)23(21(20)27)11-14-26(15-12-23)22(28)19-16(2)8-7-13-24-19/h5-10,13,20-21,27H,4,11-12,14-15H2,1-3H3/t20-,21+/m0/s1. The third kappa shape index (κ3) is 2.85. The van der Waals surface area contributed by atoms with E-state index in [0.29, 0.717) is 18.8 Å². The average molecular weight is 380 g/mol. The Bertz CT molecular complexity index is 874. The first-order valence-electron chi connectivity index (χ1n) is 10.2. The van der Waals surface area contributed by atoms with E-state index in [9.17, 15) is 9.90 Å². The summed E-state index contributed by atoms with van der Waals surface area (Å²) < 4.78 is 0. The van der Waals surface area contributed by atoms with Crippen molar-refractivity contribution in [2.24, 2.45) is 0 Å². The molecule has 1 N–H and O–H groups in total. The number of fused-ring (bicyclic) bond motifs is 2. The lowest BCUT2D eigenvalue weighted by atomic mass is 9.72. The number of rotatable bonds is 3. The van der Waals surface area contributed by atoms with Crippen LogP contribution in [-0.4, -0.2) is 58.6 Å². The van der Waals surface area contributed by atoms with Crippen molar-refractivity contribution in [3.05, 3.63) is 65.0 Å². The number of nitrogens with zero attached hydrogens (tertiary/aromatic N) is 3. The van der Waals surface area contributed by atoms with Gasteiger partial charge in [0.2, 0.25) is 0 Å². The number of carbonyl (C=O) groups is 1. The summed E-state index contributed by atoms with van der Waals surface area (Å²) in [5.41, 5.74) is 3.66. The van der Waals surface area contributed by atoms with Gasteiger partial charge < -0.3 is 10.0 Å². The summed E-state index contributed by atoms with van der Waals surface area (Å²) in [6, 6.07) is 12.2. The Hall–Kier alpha value is -2.24. The fourth-order valence-electron chi connectivity index (χ4n) is 5.05. The highest BCUT2D eigenvalue weighted by Gasteiger charge is 2.53. The van der Waals surface area contributed by atoms with Crippen molar-refractivity contribution >= 4 is 5.91 Å². The Morgan fingerprint density at radius 3 is 2.64 bits per heavy atom. The van der Waals surface area contributed by atoms with Crippen LogP contribution < -0.4 is 0 Å². The van der Waals surface area contributed by atoms with Gasteiger partial charge in [-0.25, -0.2) is 0 Å². The van der Waals surface area contributed by atoms with E-state index in [1.54, 1.807) is 6.20 Å². The number of aromatic nitrogens is 1. The van der Waals surface area contributed by atoms with E-state index in [2.05, 4.69) is 48.1 Å². The number of aliphatic hydroxyl groups excluding tert-OH is 1. The van der Waals surface area contributed by atoms with Crippen molar-refractivity contribution in [3.8, 4) is 0 Å². The zero-order valence-corrected chi connectivity index (χ0v) is 16.9. The first kappa shape index (κ1) is 19.1. The highest BCUT2D eigenvalue weighted by Crippen LogP contribution is 2.52. The van der Waals surface area contributed by atoms with E-state index in [4.69, 9.17) is 0 Å². The highest BCUT2D eigenvalue weighted by molar-refractivity contribution is 5.93. The molecule has 2 atom stereocenters. The minimum atomic E-state index is -0.455. The van der Waals surface area contributed by atoms with Gasteiger partial charge in [-0.2, -0.15) is 0 Å². The van der Waals surface area contributed by atoms with Crippen LogP contribution in [0.2, 0.25) is 0 Å². The van der Waals surface area contributed by atoms with Gasteiger partial charge in [0.15, 0.2) is 0 Å². The molecular formula is C23H29N3O2. The number of aliphatic hydroxyl groups is 1. The lowest BCUT2D eigenvalue weighted by molar-refractivity contribution is -0.00602. The molecule has 2 aliphatic rings. The van der Waals surface area contributed by atoms with E-state index in [0.717, 1.165) is 24.9 Å². The number of aryl methyl sites for hydroxylation is 1. The van der Waals surface area contributed by atoms with Crippen LogP contribution in [0.1, 0.15) is 53.0 Å². The van der Waals surface area contributed by atoms with Crippen LogP contribution in [0.5, 0.6) is 0 Å². The van der Waals surface area contributed by atoms with Crippen molar-refractivity contribution in [3.63, 3.8) is 0 Å². The summed E-state index contributed by atoms with van der Waals surface area (Å²) in [5.74, 6) is -0.00375. The molecule has 1 fully saturated rings. The molecule has 0 unspecified atom stereocenters. The van der Waals surface area contributed by atoms with Crippen molar-refractivity contribution in [2.75, 3.05) is 26.7 Å². The Balaban J connectivity index is 1.60. The van der Waals surface area contributed by atoms with Crippen molar-refractivity contribution in [1.82, 2.24) is 14.8 Å². The van der Waals surface area contributed by atoms with E-state index in [1.165, 1.54) is 11.1 Å². The third-order valence-electron chi connectivity index (χ3n) is 6.81.